The Hall–Kier alpha value is -2.28. The Morgan fingerprint density at radius 2 is 1.86 bits per heavy atom. The summed E-state index contributed by atoms with van der Waals surface area (Å²) >= 11 is 1.39. The van der Waals surface area contributed by atoms with E-state index in [0.717, 1.165) is 12.1 Å². The highest BCUT2D eigenvalue weighted by Crippen LogP contribution is 2.17. The third-order valence-electron chi connectivity index (χ3n) is 2.65. The fourth-order valence-electron chi connectivity index (χ4n) is 1.60. The third kappa shape index (κ3) is 4.09. The zero-order valence-corrected chi connectivity index (χ0v) is 11.7. The minimum absolute atomic E-state index is 0.0797. The second-order valence-electron chi connectivity index (χ2n) is 4.16. The van der Waals surface area contributed by atoms with Crippen LogP contribution in [0.1, 0.15) is 16.8 Å². The molecule has 0 aliphatic carbocycles. The lowest BCUT2D eigenvalue weighted by Gasteiger charge is -2.08. The lowest BCUT2D eigenvalue weighted by molar-refractivity contribution is -0.116. The molecule has 1 heterocycles. The molecule has 0 saturated heterocycles. The standard InChI is InChI=1S/C14H12F2N2O2S/c15-10-2-1-3-11(16)13(10)18-12(19)4-6-17-14(20)9-5-7-21-8-9/h1-3,5,7-8H,4,6H2,(H,17,20)(H,18,19). The summed E-state index contributed by atoms with van der Waals surface area (Å²) in [6, 6.07) is 4.98. The van der Waals surface area contributed by atoms with Gasteiger partial charge in [0.25, 0.3) is 5.91 Å². The van der Waals surface area contributed by atoms with E-state index >= 15 is 0 Å². The first-order valence-corrected chi connectivity index (χ1v) is 7.06. The van der Waals surface area contributed by atoms with Gasteiger partial charge in [0.2, 0.25) is 5.91 Å². The van der Waals surface area contributed by atoms with Crippen molar-refractivity contribution < 1.29 is 18.4 Å². The molecule has 1 aromatic carbocycles. The van der Waals surface area contributed by atoms with Gasteiger partial charge in [0.15, 0.2) is 0 Å². The molecule has 0 spiro atoms. The van der Waals surface area contributed by atoms with Crippen LogP contribution in [0.3, 0.4) is 0 Å². The Morgan fingerprint density at radius 3 is 2.48 bits per heavy atom. The highest BCUT2D eigenvalue weighted by Gasteiger charge is 2.12. The highest BCUT2D eigenvalue weighted by molar-refractivity contribution is 7.08. The second-order valence-corrected chi connectivity index (χ2v) is 4.94. The number of carbonyl (C=O) groups is 2. The Kier molecular flexibility index (Phi) is 4.99. The first-order chi connectivity index (χ1) is 10.1. The van der Waals surface area contributed by atoms with Gasteiger partial charge in [-0.3, -0.25) is 9.59 Å². The summed E-state index contributed by atoms with van der Waals surface area (Å²) in [4.78, 5) is 23.2. The number of anilines is 1. The van der Waals surface area contributed by atoms with Crippen molar-refractivity contribution in [3.05, 3.63) is 52.2 Å². The van der Waals surface area contributed by atoms with Crippen LogP contribution in [0.25, 0.3) is 0 Å². The Balaban J connectivity index is 1.82. The smallest absolute Gasteiger partial charge is 0.252 e. The normalized spacial score (nSPS) is 10.2. The predicted molar refractivity (Wildman–Crippen MR) is 76.3 cm³/mol. The number of carbonyl (C=O) groups excluding carboxylic acids is 2. The quantitative estimate of drug-likeness (QED) is 0.892. The van der Waals surface area contributed by atoms with Crippen LogP contribution in [-0.2, 0) is 4.79 Å². The van der Waals surface area contributed by atoms with Crippen LogP contribution >= 0.6 is 11.3 Å². The number of rotatable bonds is 5. The minimum Gasteiger partial charge on any atom is -0.351 e. The van der Waals surface area contributed by atoms with Gasteiger partial charge < -0.3 is 10.6 Å². The molecular weight excluding hydrogens is 298 g/mol. The maximum atomic E-state index is 13.3. The monoisotopic (exact) mass is 310 g/mol. The van der Waals surface area contributed by atoms with E-state index in [4.69, 9.17) is 0 Å². The van der Waals surface area contributed by atoms with Gasteiger partial charge in [-0.25, -0.2) is 8.78 Å². The molecule has 2 amide bonds. The lowest BCUT2D eigenvalue weighted by Crippen LogP contribution is -2.27. The van der Waals surface area contributed by atoms with E-state index in [1.165, 1.54) is 17.4 Å². The number of thiophene rings is 1. The average molecular weight is 310 g/mol. The van der Waals surface area contributed by atoms with Gasteiger partial charge in [-0.15, -0.1) is 0 Å². The summed E-state index contributed by atoms with van der Waals surface area (Å²) in [6.07, 6.45) is -0.0797. The molecule has 0 saturated carbocycles. The van der Waals surface area contributed by atoms with Crippen molar-refractivity contribution in [3.63, 3.8) is 0 Å². The fourth-order valence-corrected chi connectivity index (χ4v) is 2.24. The van der Waals surface area contributed by atoms with Crippen molar-refractivity contribution >= 4 is 28.8 Å². The van der Waals surface area contributed by atoms with Crippen molar-refractivity contribution in [2.75, 3.05) is 11.9 Å². The second kappa shape index (κ2) is 6.94. The highest BCUT2D eigenvalue weighted by atomic mass is 32.1. The molecule has 0 aliphatic rings. The zero-order chi connectivity index (χ0) is 15.2. The summed E-state index contributed by atoms with van der Waals surface area (Å²) in [5.41, 5.74) is 0.0345. The molecule has 7 heteroatoms. The summed E-state index contributed by atoms with van der Waals surface area (Å²) in [7, 11) is 0. The number of hydrogen-bond donors (Lipinski definition) is 2. The van der Waals surface area contributed by atoms with Crippen molar-refractivity contribution in [1.82, 2.24) is 5.32 Å². The fraction of sp³-hybridized carbons (Fsp3) is 0.143. The molecular formula is C14H12F2N2O2S. The largest absolute Gasteiger partial charge is 0.351 e. The van der Waals surface area contributed by atoms with E-state index in [-0.39, 0.29) is 18.9 Å². The van der Waals surface area contributed by atoms with Crippen molar-refractivity contribution in [1.29, 1.82) is 0 Å². The van der Waals surface area contributed by atoms with Crippen molar-refractivity contribution in [3.8, 4) is 0 Å². The summed E-state index contributed by atoms with van der Waals surface area (Å²) in [5.74, 6) is -2.55. The number of para-hydroxylation sites is 1. The van der Waals surface area contributed by atoms with Crippen LogP contribution in [0.15, 0.2) is 35.0 Å². The predicted octanol–water partition coefficient (Wildman–Crippen LogP) is 2.78. The first-order valence-electron chi connectivity index (χ1n) is 6.12. The molecule has 2 aromatic rings. The van der Waals surface area contributed by atoms with Gasteiger partial charge in [0.1, 0.15) is 17.3 Å². The van der Waals surface area contributed by atoms with Crippen LogP contribution in [-0.4, -0.2) is 18.4 Å². The Bertz CT molecular complexity index is 624. The van der Waals surface area contributed by atoms with Crippen LogP contribution < -0.4 is 10.6 Å². The number of amides is 2. The van der Waals surface area contributed by atoms with E-state index in [2.05, 4.69) is 10.6 Å². The number of hydrogen-bond acceptors (Lipinski definition) is 3. The molecule has 0 unspecified atom stereocenters. The Labute approximate surface area is 123 Å². The Morgan fingerprint density at radius 1 is 1.14 bits per heavy atom. The SMILES string of the molecule is O=C(CCNC(=O)c1ccsc1)Nc1c(F)cccc1F. The average Bonchev–Trinajstić information content (AvgIpc) is 2.97. The number of nitrogens with one attached hydrogen (secondary N) is 2. The molecule has 110 valence electrons. The molecule has 0 aliphatic heterocycles. The minimum atomic E-state index is -0.842. The number of benzene rings is 1. The molecule has 0 fully saturated rings. The van der Waals surface area contributed by atoms with E-state index in [9.17, 15) is 18.4 Å². The molecule has 1 aromatic heterocycles. The van der Waals surface area contributed by atoms with Crippen molar-refractivity contribution in [2.45, 2.75) is 6.42 Å². The maximum Gasteiger partial charge on any atom is 0.252 e. The molecule has 2 N–H and O–H groups in total. The number of halogens is 2. The topological polar surface area (TPSA) is 58.2 Å². The summed E-state index contributed by atoms with van der Waals surface area (Å²) in [5, 5.41) is 8.15. The molecule has 0 bridgehead atoms. The van der Waals surface area contributed by atoms with Crippen LogP contribution in [0.2, 0.25) is 0 Å². The van der Waals surface area contributed by atoms with Crippen molar-refractivity contribution in [2.24, 2.45) is 0 Å². The maximum absolute atomic E-state index is 13.3. The van der Waals surface area contributed by atoms with E-state index in [0.29, 0.717) is 5.56 Å². The van der Waals surface area contributed by atoms with Crippen LogP contribution in [0.4, 0.5) is 14.5 Å². The summed E-state index contributed by atoms with van der Waals surface area (Å²) in [6.45, 7) is 0.0799. The molecule has 2 rings (SSSR count). The molecule has 21 heavy (non-hydrogen) atoms. The van der Waals surface area contributed by atoms with E-state index < -0.39 is 23.2 Å². The van der Waals surface area contributed by atoms with Gasteiger partial charge in [0, 0.05) is 23.9 Å². The van der Waals surface area contributed by atoms with Crippen LogP contribution in [0.5, 0.6) is 0 Å². The lowest BCUT2D eigenvalue weighted by atomic mass is 10.2. The zero-order valence-electron chi connectivity index (χ0n) is 10.9. The van der Waals surface area contributed by atoms with Gasteiger partial charge in [-0.1, -0.05) is 6.07 Å². The first kappa shape index (κ1) is 15.1. The molecule has 0 atom stereocenters. The van der Waals surface area contributed by atoms with Gasteiger partial charge >= 0.3 is 0 Å². The summed E-state index contributed by atoms with van der Waals surface area (Å²) < 4.78 is 26.6. The van der Waals surface area contributed by atoms with E-state index in [1.54, 1.807) is 16.8 Å². The molecule has 4 nitrogen and oxygen atoms in total. The van der Waals surface area contributed by atoms with Gasteiger partial charge in [0.05, 0.1) is 0 Å². The third-order valence-corrected chi connectivity index (χ3v) is 3.33. The van der Waals surface area contributed by atoms with Gasteiger partial charge in [-0.2, -0.15) is 11.3 Å². The van der Waals surface area contributed by atoms with E-state index in [1.807, 2.05) is 0 Å². The van der Waals surface area contributed by atoms with Gasteiger partial charge in [-0.05, 0) is 23.6 Å². The molecule has 0 radical (unpaired) electrons. The van der Waals surface area contributed by atoms with Crippen LogP contribution in [0, 0.1) is 11.6 Å².